The van der Waals surface area contributed by atoms with Crippen LogP contribution in [0.1, 0.15) is 90.0 Å². The topological polar surface area (TPSA) is 18.5 Å². The Hall–Kier alpha value is 0.780. The minimum Gasteiger partial charge on any atom is -0.358 e. The van der Waals surface area contributed by atoms with Gasteiger partial charge in [-0.25, -0.2) is 0 Å². The fourth-order valence-electron chi connectivity index (χ4n) is 3.24. The van der Waals surface area contributed by atoms with Gasteiger partial charge in [-0.3, -0.25) is 0 Å². The molecule has 0 aliphatic heterocycles. The highest BCUT2D eigenvalue weighted by molar-refractivity contribution is 7.56. The lowest BCUT2D eigenvalue weighted by atomic mass is 10.2. The van der Waals surface area contributed by atoms with Crippen LogP contribution in [0, 0.1) is 5.92 Å². The minimum atomic E-state index is -0.497. The molecule has 0 atom stereocenters. The predicted molar refractivity (Wildman–Crippen MR) is 114 cm³/mol. The molecule has 0 aromatic heterocycles. The van der Waals surface area contributed by atoms with E-state index in [1.807, 2.05) is 0 Å². The van der Waals surface area contributed by atoms with Crippen LogP contribution in [0.2, 0.25) is 0 Å². The Bertz CT molecular complexity index is 303. The van der Waals surface area contributed by atoms with Crippen LogP contribution >= 0.6 is 16.3 Å². The van der Waals surface area contributed by atoms with Crippen LogP contribution in [0.3, 0.4) is 0 Å². The Morgan fingerprint density at radius 2 is 0.750 bits per heavy atom. The third-order valence-corrected chi connectivity index (χ3v) is 9.10. The maximum atomic E-state index is 6.43. The van der Waals surface area contributed by atoms with Gasteiger partial charge in [0.1, 0.15) is 0 Å². The average molecular weight is 379 g/mol. The van der Waals surface area contributed by atoms with Crippen molar-refractivity contribution in [2.45, 2.75) is 111 Å². The molecule has 24 heavy (non-hydrogen) atoms. The quantitative estimate of drug-likeness (QED) is 0.442. The Labute approximate surface area is 155 Å². The highest BCUT2D eigenvalue weighted by Gasteiger charge is 2.38. The highest BCUT2D eigenvalue weighted by atomic mass is 31.1. The maximum Gasteiger partial charge on any atom is 0.0557 e. The van der Waals surface area contributed by atoms with E-state index in [4.69, 9.17) is 9.05 Å². The summed E-state index contributed by atoms with van der Waals surface area (Å²) in [7, 11) is -0.993. The van der Waals surface area contributed by atoms with E-state index in [1.54, 1.807) is 0 Å². The Morgan fingerprint density at radius 3 is 0.917 bits per heavy atom. The van der Waals surface area contributed by atoms with Crippen molar-refractivity contribution < 1.29 is 9.05 Å². The first-order chi connectivity index (χ1) is 10.4. The molecule has 0 unspecified atom stereocenters. The van der Waals surface area contributed by atoms with Crippen LogP contribution in [0.25, 0.3) is 0 Å². The molecule has 0 bridgehead atoms. The molecule has 0 saturated heterocycles. The van der Waals surface area contributed by atoms with Crippen molar-refractivity contribution in [3.8, 4) is 0 Å². The van der Waals surface area contributed by atoms with Crippen LogP contribution < -0.4 is 0 Å². The van der Waals surface area contributed by atoms with Crippen LogP contribution in [0.15, 0.2) is 0 Å². The Kier molecular flexibility index (Phi) is 8.93. The number of hydrogen-bond donors (Lipinski definition) is 0. The zero-order valence-electron chi connectivity index (χ0n) is 18.7. The van der Waals surface area contributed by atoms with Gasteiger partial charge < -0.3 is 9.05 Å². The van der Waals surface area contributed by atoms with Crippen molar-refractivity contribution in [1.29, 1.82) is 0 Å². The van der Waals surface area contributed by atoms with Gasteiger partial charge in [0.2, 0.25) is 0 Å². The summed E-state index contributed by atoms with van der Waals surface area (Å²) in [6.07, 6.45) is 0. The lowest BCUT2D eigenvalue weighted by Crippen LogP contribution is -2.29. The molecule has 0 spiro atoms. The zero-order valence-corrected chi connectivity index (χ0v) is 20.5. The van der Waals surface area contributed by atoms with Gasteiger partial charge >= 0.3 is 0 Å². The summed E-state index contributed by atoms with van der Waals surface area (Å²) in [5, 5.41) is 0.824. The standard InChI is InChI=1S/C20H44O2P2/c1-16(14-21-23(17(2,3)4)18(5,6)7)15-22-24(19(8,9)10)20(11,12)13/h16H,14-15H2,1-13H3. The van der Waals surface area contributed by atoms with Crippen LogP contribution in [0.5, 0.6) is 0 Å². The van der Waals surface area contributed by atoms with E-state index in [-0.39, 0.29) is 20.6 Å². The van der Waals surface area contributed by atoms with Crippen LogP contribution in [0.4, 0.5) is 0 Å². The van der Waals surface area contributed by atoms with Crippen molar-refractivity contribution in [3.05, 3.63) is 0 Å². The van der Waals surface area contributed by atoms with Gasteiger partial charge in [-0.2, -0.15) is 0 Å². The summed E-state index contributed by atoms with van der Waals surface area (Å²) in [6.45, 7) is 31.4. The zero-order chi connectivity index (χ0) is 19.6. The van der Waals surface area contributed by atoms with Gasteiger partial charge in [0.05, 0.1) is 13.2 Å². The highest BCUT2D eigenvalue weighted by Crippen LogP contribution is 2.61. The molecule has 0 heterocycles. The van der Waals surface area contributed by atoms with Crippen molar-refractivity contribution in [1.82, 2.24) is 0 Å². The number of hydrogen-bond acceptors (Lipinski definition) is 2. The third kappa shape index (κ3) is 8.93. The van der Waals surface area contributed by atoms with Gasteiger partial charge in [-0.15, -0.1) is 0 Å². The second kappa shape index (κ2) is 8.65. The van der Waals surface area contributed by atoms with Crippen LogP contribution in [-0.4, -0.2) is 33.8 Å². The molecule has 0 saturated carbocycles. The second-order valence-corrected chi connectivity index (χ2v) is 18.0. The third-order valence-electron chi connectivity index (χ3n) is 3.41. The number of rotatable bonds is 6. The van der Waals surface area contributed by atoms with Gasteiger partial charge in [0.15, 0.2) is 0 Å². The molecule has 0 rings (SSSR count). The molecular formula is C20H44O2P2. The average Bonchev–Trinajstić information content (AvgIpc) is 2.21. The molecule has 0 fully saturated rings. The van der Waals surface area contributed by atoms with Crippen molar-refractivity contribution in [3.63, 3.8) is 0 Å². The molecule has 0 radical (unpaired) electrons. The van der Waals surface area contributed by atoms with E-state index in [0.717, 1.165) is 13.2 Å². The van der Waals surface area contributed by atoms with E-state index >= 15 is 0 Å². The van der Waals surface area contributed by atoms with Gasteiger partial charge in [-0.05, 0) is 0 Å². The first kappa shape index (κ1) is 24.8. The summed E-state index contributed by atoms with van der Waals surface area (Å²) >= 11 is 0. The fraction of sp³-hybridized carbons (Fsp3) is 1.00. The summed E-state index contributed by atoms with van der Waals surface area (Å²) in [5.41, 5.74) is 0. The Morgan fingerprint density at radius 1 is 0.542 bits per heavy atom. The maximum absolute atomic E-state index is 6.43. The van der Waals surface area contributed by atoms with Crippen LogP contribution in [-0.2, 0) is 9.05 Å². The molecule has 0 aromatic carbocycles. The summed E-state index contributed by atoms with van der Waals surface area (Å²) < 4.78 is 12.9. The molecule has 0 aromatic rings. The smallest absolute Gasteiger partial charge is 0.0557 e. The Balaban J connectivity index is 4.72. The first-order valence-corrected chi connectivity index (χ1v) is 11.7. The van der Waals surface area contributed by atoms with Crippen molar-refractivity contribution in [2.24, 2.45) is 5.92 Å². The monoisotopic (exact) mass is 378 g/mol. The second-order valence-electron chi connectivity index (χ2n) is 11.0. The first-order valence-electron chi connectivity index (χ1n) is 9.23. The lowest BCUT2D eigenvalue weighted by Gasteiger charge is -2.42. The van der Waals surface area contributed by atoms with E-state index in [9.17, 15) is 0 Å². The molecular weight excluding hydrogens is 334 g/mol. The predicted octanol–water partition coefficient (Wildman–Crippen LogP) is 7.64. The molecule has 146 valence electrons. The largest absolute Gasteiger partial charge is 0.358 e. The minimum absolute atomic E-state index is 0.206. The van der Waals surface area contributed by atoms with Gasteiger partial charge in [0, 0.05) is 42.8 Å². The lowest BCUT2D eigenvalue weighted by molar-refractivity contribution is 0.198. The van der Waals surface area contributed by atoms with E-state index in [1.165, 1.54) is 0 Å². The molecule has 0 N–H and O–H groups in total. The summed E-state index contributed by atoms with van der Waals surface area (Å²) in [5.74, 6) is 0.425. The van der Waals surface area contributed by atoms with Gasteiger partial charge in [-0.1, -0.05) is 90.0 Å². The molecule has 4 heteroatoms. The van der Waals surface area contributed by atoms with Crippen molar-refractivity contribution >= 4 is 16.3 Å². The molecule has 0 aliphatic rings. The molecule has 2 nitrogen and oxygen atoms in total. The van der Waals surface area contributed by atoms with E-state index in [0.29, 0.717) is 5.92 Å². The fourth-order valence-corrected chi connectivity index (χ4v) is 9.62. The normalized spacial score (nSPS) is 15.0. The summed E-state index contributed by atoms with van der Waals surface area (Å²) in [6, 6.07) is 0. The van der Waals surface area contributed by atoms with E-state index < -0.39 is 16.3 Å². The molecule has 0 amide bonds. The SMILES string of the molecule is CC(COP(C(C)(C)C)C(C)(C)C)COP(C(C)(C)C)C(C)(C)C. The summed E-state index contributed by atoms with van der Waals surface area (Å²) in [4.78, 5) is 0. The van der Waals surface area contributed by atoms with Gasteiger partial charge in [0.25, 0.3) is 0 Å². The molecule has 0 aliphatic carbocycles. The van der Waals surface area contributed by atoms with Crippen molar-refractivity contribution in [2.75, 3.05) is 13.2 Å². The van der Waals surface area contributed by atoms with E-state index in [2.05, 4.69) is 90.0 Å².